The molecule has 0 rings (SSSR count). The summed E-state index contributed by atoms with van der Waals surface area (Å²) in [5.74, 6) is 0. The molecule has 6 heavy (non-hydrogen) atoms. The van der Waals surface area contributed by atoms with Gasteiger partial charge in [-0.3, -0.25) is 0 Å². The van der Waals surface area contributed by atoms with Crippen molar-refractivity contribution in [2.75, 3.05) is 0 Å². The van der Waals surface area contributed by atoms with Gasteiger partial charge < -0.3 is 0 Å². The van der Waals surface area contributed by atoms with Crippen LogP contribution in [-0.2, 0) is 0 Å². The quantitative estimate of drug-likeness (QED) is 0.386. The maximum atomic E-state index is 4.78. The van der Waals surface area contributed by atoms with Gasteiger partial charge in [0.15, 0.2) is 0 Å². The van der Waals surface area contributed by atoms with Crippen molar-refractivity contribution in [1.82, 2.24) is 0 Å². The first-order chi connectivity index (χ1) is 2.77. The molecule has 0 heterocycles. The SMILES string of the molecule is CCCC(=S)I. The summed E-state index contributed by atoms with van der Waals surface area (Å²) >= 11 is 6.96. The molecule has 0 N–H and O–H groups in total. The van der Waals surface area contributed by atoms with Gasteiger partial charge in [-0.15, -0.1) is 0 Å². The molecule has 0 aromatic carbocycles. The number of hydrogen-bond donors (Lipinski definition) is 0. The van der Waals surface area contributed by atoms with Crippen LogP contribution in [0.1, 0.15) is 19.8 Å². The Balaban J connectivity index is 2.83. The van der Waals surface area contributed by atoms with Crippen molar-refractivity contribution in [2.24, 2.45) is 0 Å². The van der Waals surface area contributed by atoms with Crippen LogP contribution in [0.25, 0.3) is 0 Å². The fourth-order valence-corrected chi connectivity index (χ4v) is 0.940. The van der Waals surface area contributed by atoms with Crippen molar-refractivity contribution in [3.8, 4) is 0 Å². The Morgan fingerprint density at radius 2 is 2.33 bits per heavy atom. The molecule has 36 valence electrons. The summed E-state index contributed by atoms with van der Waals surface area (Å²) in [5.41, 5.74) is 0. The highest BCUT2D eigenvalue weighted by Crippen LogP contribution is 1.98. The highest BCUT2D eigenvalue weighted by atomic mass is 127. The van der Waals surface area contributed by atoms with Crippen molar-refractivity contribution in [2.45, 2.75) is 19.8 Å². The van der Waals surface area contributed by atoms with Gasteiger partial charge in [-0.25, -0.2) is 0 Å². The van der Waals surface area contributed by atoms with Crippen LogP contribution in [0.4, 0.5) is 0 Å². The van der Waals surface area contributed by atoms with Crippen molar-refractivity contribution >= 4 is 37.7 Å². The predicted octanol–water partition coefficient (Wildman–Crippen LogP) is 2.55. The minimum absolute atomic E-state index is 1.09. The zero-order valence-corrected chi connectivity index (χ0v) is 6.67. The monoisotopic (exact) mass is 214 g/mol. The van der Waals surface area contributed by atoms with Crippen molar-refractivity contribution < 1.29 is 0 Å². The summed E-state index contributed by atoms with van der Waals surface area (Å²) in [6.07, 6.45) is 2.28. The zero-order valence-electron chi connectivity index (χ0n) is 3.70. The first-order valence-electron chi connectivity index (χ1n) is 1.95. The Hall–Kier alpha value is 0.820. The molecule has 0 aliphatic rings. The first kappa shape index (κ1) is 6.82. The van der Waals surface area contributed by atoms with Crippen LogP contribution in [-0.4, -0.2) is 2.87 Å². The third-order valence-corrected chi connectivity index (χ3v) is 1.19. The third kappa shape index (κ3) is 4.82. The predicted molar refractivity (Wildman–Crippen MR) is 41.5 cm³/mol. The fourth-order valence-electron chi connectivity index (χ4n) is 0.197. The lowest BCUT2D eigenvalue weighted by molar-refractivity contribution is 1.02. The van der Waals surface area contributed by atoms with Gasteiger partial charge in [0.05, 0.1) is 2.87 Å². The topological polar surface area (TPSA) is 0 Å². The first-order valence-corrected chi connectivity index (χ1v) is 3.44. The molecule has 0 saturated carbocycles. The van der Waals surface area contributed by atoms with Crippen LogP contribution in [0.15, 0.2) is 0 Å². The van der Waals surface area contributed by atoms with Crippen LogP contribution in [0.2, 0.25) is 0 Å². The van der Waals surface area contributed by atoms with Gasteiger partial charge in [0.1, 0.15) is 0 Å². The van der Waals surface area contributed by atoms with E-state index in [0.29, 0.717) is 0 Å². The van der Waals surface area contributed by atoms with E-state index in [1.54, 1.807) is 0 Å². The Bertz CT molecular complexity index is 51.5. The minimum atomic E-state index is 1.09. The second-order valence-electron chi connectivity index (χ2n) is 1.11. The minimum Gasteiger partial charge on any atom is -0.0778 e. The smallest absolute Gasteiger partial charge is 0.0534 e. The van der Waals surface area contributed by atoms with E-state index >= 15 is 0 Å². The third-order valence-electron chi connectivity index (χ3n) is 0.447. The molecule has 0 spiro atoms. The van der Waals surface area contributed by atoms with Crippen LogP contribution in [0.5, 0.6) is 0 Å². The molecule has 0 amide bonds. The van der Waals surface area contributed by atoms with Crippen molar-refractivity contribution in [3.63, 3.8) is 0 Å². The van der Waals surface area contributed by atoms with Crippen molar-refractivity contribution in [1.29, 1.82) is 0 Å². The summed E-state index contributed by atoms with van der Waals surface area (Å²) in [5, 5.41) is 0. The standard InChI is InChI=1S/C4H7IS/c1-2-3-4(5)6/h2-3H2,1H3. The van der Waals surface area contributed by atoms with Gasteiger partial charge in [0.25, 0.3) is 0 Å². The summed E-state index contributed by atoms with van der Waals surface area (Å²) < 4.78 is 1.09. The highest BCUT2D eigenvalue weighted by Gasteiger charge is 1.81. The lowest BCUT2D eigenvalue weighted by Gasteiger charge is -1.82. The zero-order chi connectivity index (χ0) is 4.99. The van der Waals surface area contributed by atoms with Gasteiger partial charge >= 0.3 is 0 Å². The number of thiocarbonyl (C=S) groups is 1. The summed E-state index contributed by atoms with van der Waals surface area (Å²) in [7, 11) is 0. The normalized spacial score (nSPS) is 8.33. The van der Waals surface area contributed by atoms with Gasteiger partial charge in [0.2, 0.25) is 0 Å². The second-order valence-corrected chi connectivity index (χ2v) is 3.63. The molecule has 0 fully saturated rings. The molecule has 0 radical (unpaired) electrons. The molecule has 0 aromatic heterocycles. The Morgan fingerprint density at radius 3 is 2.33 bits per heavy atom. The lowest BCUT2D eigenvalue weighted by Crippen LogP contribution is -1.74. The molecule has 0 nitrogen and oxygen atoms in total. The molecule has 0 bridgehead atoms. The van der Waals surface area contributed by atoms with Crippen LogP contribution >= 0.6 is 34.8 Å². The highest BCUT2D eigenvalue weighted by molar-refractivity contribution is 14.1. The molecule has 0 aromatic rings. The molecule has 0 unspecified atom stereocenters. The molecular formula is C4H7IS. The van der Waals surface area contributed by atoms with Crippen LogP contribution in [0, 0.1) is 0 Å². The number of halogens is 1. The van der Waals surface area contributed by atoms with E-state index in [1.807, 2.05) is 0 Å². The maximum absolute atomic E-state index is 4.78. The van der Waals surface area contributed by atoms with Gasteiger partial charge in [0, 0.05) is 0 Å². The fraction of sp³-hybridized carbons (Fsp3) is 0.750. The summed E-state index contributed by atoms with van der Waals surface area (Å²) in [6, 6.07) is 0. The largest absolute Gasteiger partial charge is 0.0778 e. The average molecular weight is 214 g/mol. The maximum Gasteiger partial charge on any atom is 0.0534 e. The van der Waals surface area contributed by atoms with E-state index in [-0.39, 0.29) is 0 Å². The van der Waals surface area contributed by atoms with Gasteiger partial charge in [-0.05, 0) is 29.0 Å². The summed E-state index contributed by atoms with van der Waals surface area (Å²) in [6.45, 7) is 2.13. The molecule has 0 atom stereocenters. The molecular weight excluding hydrogens is 207 g/mol. The molecule has 0 aliphatic heterocycles. The lowest BCUT2D eigenvalue weighted by atomic mass is 10.4. The van der Waals surface area contributed by atoms with Gasteiger partial charge in [-0.1, -0.05) is 25.6 Å². The van der Waals surface area contributed by atoms with E-state index < -0.39 is 0 Å². The Morgan fingerprint density at radius 1 is 1.83 bits per heavy atom. The van der Waals surface area contributed by atoms with E-state index in [2.05, 4.69) is 29.5 Å². The molecule has 2 heteroatoms. The molecule has 0 saturated heterocycles. The average Bonchev–Trinajstić information content (AvgIpc) is 1.35. The number of hydrogen-bond acceptors (Lipinski definition) is 1. The van der Waals surface area contributed by atoms with E-state index in [4.69, 9.17) is 12.2 Å². The summed E-state index contributed by atoms with van der Waals surface area (Å²) in [4.78, 5) is 0. The van der Waals surface area contributed by atoms with Gasteiger partial charge in [-0.2, -0.15) is 0 Å². The number of rotatable bonds is 2. The Kier molecular flexibility index (Phi) is 4.54. The van der Waals surface area contributed by atoms with E-state index in [0.717, 1.165) is 9.29 Å². The van der Waals surface area contributed by atoms with Crippen molar-refractivity contribution in [3.05, 3.63) is 0 Å². The van der Waals surface area contributed by atoms with E-state index in [9.17, 15) is 0 Å². The van der Waals surface area contributed by atoms with E-state index in [1.165, 1.54) is 6.42 Å². The Labute approximate surface area is 57.5 Å². The van der Waals surface area contributed by atoms with Crippen LogP contribution < -0.4 is 0 Å². The second kappa shape index (κ2) is 3.99. The molecule has 0 aliphatic carbocycles. The van der Waals surface area contributed by atoms with Crippen LogP contribution in [0.3, 0.4) is 0 Å².